The van der Waals surface area contributed by atoms with Gasteiger partial charge < -0.3 is 23.6 Å². The molecule has 0 aliphatic rings. The van der Waals surface area contributed by atoms with E-state index in [2.05, 4.69) is 161 Å². The van der Waals surface area contributed by atoms with E-state index >= 15 is 0 Å². The summed E-state index contributed by atoms with van der Waals surface area (Å²) in [5.41, 5.74) is 10.9. The zero-order chi connectivity index (χ0) is 39.2. The van der Waals surface area contributed by atoms with Crippen molar-refractivity contribution in [3.63, 3.8) is 0 Å². The molecule has 0 saturated carbocycles. The maximum Gasteiger partial charge on any atom is 0.156 e. The second-order valence-electron chi connectivity index (χ2n) is 15.2. The van der Waals surface area contributed by atoms with Gasteiger partial charge in [-0.3, -0.25) is 0 Å². The van der Waals surface area contributed by atoms with Gasteiger partial charge in [0.2, 0.25) is 0 Å². The largest absolute Gasteiger partial charge is 0.455 e. The van der Waals surface area contributed by atoms with E-state index in [1.807, 2.05) is 36.4 Å². The Morgan fingerprint density at radius 3 is 1.98 bits per heavy atom. The number of benzene rings is 9. The highest BCUT2D eigenvalue weighted by molar-refractivity contribution is 6.25. The number of hydrogen-bond donors (Lipinski definition) is 1. The molecule has 0 fully saturated rings. The number of aryl methyl sites for hydroxylation is 1. The summed E-state index contributed by atoms with van der Waals surface area (Å²) in [7, 11) is 0. The SMILES string of the molecule is CCn1c2ccccc2c2cc(N(c3ccccc3)c3ccc4cc5c(cc4c3)oc3c5cc(C#N)c4oc5cc6cc(Nc7ccccc7)ccc6cc5c43)ccc21. The van der Waals surface area contributed by atoms with Gasteiger partial charge in [0.05, 0.1) is 10.9 Å². The summed E-state index contributed by atoms with van der Waals surface area (Å²) < 4.78 is 15.7. The fourth-order valence-corrected chi connectivity index (χ4v) is 9.17. The van der Waals surface area contributed by atoms with Crippen LogP contribution >= 0.6 is 0 Å². The summed E-state index contributed by atoms with van der Waals surface area (Å²) in [6, 6.07) is 61.9. The number of aromatic nitrogens is 1. The highest BCUT2D eigenvalue weighted by Gasteiger charge is 2.22. The Bertz CT molecular complexity index is 3700. The van der Waals surface area contributed by atoms with Crippen molar-refractivity contribution >= 4 is 116 Å². The van der Waals surface area contributed by atoms with E-state index in [1.165, 1.54) is 21.8 Å². The van der Waals surface area contributed by atoms with Crippen LogP contribution in [0.4, 0.5) is 28.4 Å². The molecule has 278 valence electrons. The quantitative estimate of drug-likeness (QED) is 0.183. The van der Waals surface area contributed by atoms with Crippen LogP contribution in [0.1, 0.15) is 12.5 Å². The molecule has 0 unspecified atom stereocenters. The molecule has 6 nitrogen and oxygen atoms in total. The van der Waals surface area contributed by atoms with Gasteiger partial charge in [0.15, 0.2) is 5.58 Å². The number of hydrogen-bond acceptors (Lipinski definition) is 5. The molecule has 59 heavy (non-hydrogen) atoms. The van der Waals surface area contributed by atoms with Crippen molar-refractivity contribution < 1.29 is 8.83 Å². The van der Waals surface area contributed by atoms with Crippen LogP contribution in [0.5, 0.6) is 0 Å². The van der Waals surface area contributed by atoms with Gasteiger partial charge in [-0.15, -0.1) is 0 Å². The molecule has 0 saturated heterocycles. The summed E-state index contributed by atoms with van der Waals surface area (Å²) >= 11 is 0. The fraction of sp³-hybridized carbons (Fsp3) is 0.0377. The number of para-hydroxylation sites is 3. The molecule has 6 heteroatoms. The average Bonchev–Trinajstić information content (AvgIpc) is 3.93. The van der Waals surface area contributed by atoms with Crippen molar-refractivity contribution in [2.75, 3.05) is 10.2 Å². The van der Waals surface area contributed by atoms with Gasteiger partial charge in [-0.05, 0) is 132 Å². The molecular weight excluding hydrogens is 725 g/mol. The standard InChI is InChI=1S/C53H34N4O2/c1-2-56-47-16-10-9-15-42(47)43-30-41(21-22-48(43)56)57(39-13-7-4-8-14-39)40-20-18-33-25-44-45-27-36(31-54)52-51(53(45)59-49(44)29-35(33)24-40)46-26-32-17-19-38(23-34(32)28-50(46)58-52)55-37-11-5-3-6-12-37/h3-30,55H,2H2,1H3. The number of furan rings is 2. The van der Waals surface area contributed by atoms with Crippen molar-refractivity contribution in [1.82, 2.24) is 4.57 Å². The molecule has 12 rings (SSSR count). The molecule has 12 aromatic rings. The van der Waals surface area contributed by atoms with Crippen LogP contribution < -0.4 is 10.2 Å². The summed E-state index contributed by atoms with van der Waals surface area (Å²) in [4.78, 5) is 2.32. The molecular formula is C53H34N4O2. The smallest absolute Gasteiger partial charge is 0.156 e. The molecule has 0 aliphatic heterocycles. The van der Waals surface area contributed by atoms with Crippen LogP contribution in [-0.4, -0.2) is 4.57 Å². The lowest BCUT2D eigenvalue weighted by Crippen LogP contribution is -2.09. The third kappa shape index (κ3) is 5.12. The first-order valence-electron chi connectivity index (χ1n) is 19.9. The molecule has 1 N–H and O–H groups in total. The van der Waals surface area contributed by atoms with Crippen LogP contribution in [-0.2, 0) is 6.54 Å². The molecule has 3 aromatic heterocycles. The highest BCUT2D eigenvalue weighted by atomic mass is 16.3. The zero-order valence-electron chi connectivity index (χ0n) is 32.0. The van der Waals surface area contributed by atoms with Gasteiger partial charge in [-0.1, -0.05) is 66.7 Å². The van der Waals surface area contributed by atoms with Gasteiger partial charge >= 0.3 is 0 Å². The van der Waals surface area contributed by atoms with E-state index in [0.29, 0.717) is 16.7 Å². The maximum absolute atomic E-state index is 10.4. The van der Waals surface area contributed by atoms with Crippen LogP contribution in [0, 0.1) is 11.3 Å². The van der Waals surface area contributed by atoms with Crippen molar-refractivity contribution in [2.24, 2.45) is 0 Å². The van der Waals surface area contributed by atoms with Gasteiger partial charge in [0, 0.05) is 72.9 Å². The van der Waals surface area contributed by atoms with E-state index in [1.54, 1.807) is 0 Å². The van der Waals surface area contributed by atoms with Crippen molar-refractivity contribution in [3.05, 3.63) is 175 Å². The first-order chi connectivity index (χ1) is 29.1. The molecule has 0 amide bonds. The first-order valence-corrected chi connectivity index (χ1v) is 19.9. The topological polar surface area (TPSA) is 70.3 Å². The zero-order valence-corrected chi connectivity index (χ0v) is 32.0. The second-order valence-corrected chi connectivity index (χ2v) is 15.2. The van der Waals surface area contributed by atoms with E-state index in [-0.39, 0.29) is 0 Å². The third-order valence-corrected chi connectivity index (χ3v) is 11.9. The Morgan fingerprint density at radius 1 is 0.508 bits per heavy atom. The van der Waals surface area contributed by atoms with Crippen molar-refractivity contribution in [1.29, 1.82) is 5.26 Å². The molecule has 0 atom stereocenters. The van der Waals surface area contributed by atoms with Gasteiger partial charge in [-0.2, -0.15) is 5.26 Å². The van der Waals surface area contributed by atoms with E-state index in [0.717, 1.165) is 89.2 Å². The molecule has 0 aliphatic carbocycles. The number of nitrogens with one attached hydrogen (secondary N) is 1. The Kier molecular flexibility index (Phi) is 7.17. The summed E-state index contributed by atoms with van der Waals surface area (Å²) in [5, 5.41) is 24.2. The van der Waals surface area contributed by atoms with Gasteiger partial charge in [0.25, 0.3) is 0 Å². The fourth-order valence-electron chi connectivity index (χ4n) is 9.17. The normalized spacial score (nSPS) is 11.9. The molecule has 0 radical (unpaired) electrons. The minimum atomic E-state index is 0.481. The molecule has 0 bridgehead atoms. The molecule has 0 spiro atoms. The van der Waals surface area contributed by atoms with Crippen LogP contribution in [0.25, 0.3) is 87.2 Å². The van der Waals surface area contributed by atoms with Crippen molar-refractivity contribution in [3.8, 4) is 6.07 Å². The Morgan fingerprint density at radius 2 is 1.17 bits per heavy atom. The lowest BCUT2D eigenvalue weighted by Gasteiger charge is -2.26. The van der Waals surface area contributed by atoms with Crippen LogP contribution in [0.2, 0.25) is 0 Å². The van der Waals surface area contributed by atoms with E-state index < -0.39 is 0 Å². The average molecular weight is 759 g/mol. The summed E-state index contributed by atoms with van der Waals surface area (Å²) in [6.45, 7) is 3.10. The van der Waals surface area contributed by atoms with Crippen LogP contribution in [0.3, 0.4) is 0 Å². The van der Waals surface area contributed by atoms with Crippen molar-refractivity contribution in [2.45, 2.75) is 13.5 Å². The Labute approximate surface area is 338 Å². The Balaban J connectivity index is 1.01. The minimum Gasteiger partial charge on any atom is -0.455 e. The summed E-state index contributed by atoms with van der Waals surface area (Å²) in [6.07, 6.45) is 0. The minimum absolute atomic E-state index is 0.481. The monoisotopic (exact) mass is 758 g/mol. The van der Waals surface area contributed by atoms with Gasteiger partial charge in [-0.25, -0.2) is 0 Å². The number of anilines is 5. The predicted octanol–water partition coefficient (Wildman–Crippen LogP) is 15.0. The number of nitrogens with zero attached hydrogens (tertiary/aromatic N) is 3. The van der Waals surface area contributed by atoms with E-state index in [9.17, 15) is 5.26 Å². The van der Waals surface area contributed by atoms with E-state index in [4.69, 9.17) is 8.83 Å². The number of fused-ring (bicyclic) bond motifs is 12. The molecule has 3 heterocycles. The predicted molar refractivity (Wildman–Crippen MR) is 244 cm³/mol. The molecule has 9 aromatic carbocycles. The first kappa shape index (κ1) is 33.2. The maximum atomic E-state index is 10.4. The lowest BCUT2D eigenvalue weighted by atomic mass is 10.0. The Hall–Kier alpha value is -8.01. The number of nitriles is 1. The third-order valence-electron chi connectivity index (χ3n) is 11.9. The lowest BCUT2D eigenvalue weighted by molar-refractivity contribution is 0.662. The second kappa shape index (κ2) is 12.8. The van der Waals surface area contributed by atoms with Gasteiger partial charge in [0.1, 0.15) is 22.8 Å². The number of rotatable bonds is 6. The highest BCUT2D eigenvalue weighted by Crippen LogP contribution is 2.45. The van der Waals surface area contributed by atoms with Crippen LogP contribution in [0.15, 0.2) is 179 Å². The summed E-state index contributed by atoms with van der Waals surface area (Å²) in [5.74, 6) is 0.